The molecule has 0 aliphatic heterocycles. The largest absolute Gasteiger partial charge is 0.206 e. The fourth-order valence-electron chi connectivity index (χ4n) is 4.45. The minimum atomic E-state index is -0.0875. The van der Waals surface area contributed by atoms with Gasteiger partial charge in [-0.25, -0.2) is 4.39 Å². The molecule has 0 aromatic heterocycles. The smallest absolute Gasteiger partial charge is 0.134 e. The number of halogens is 1. The topological polar surface area (TPSA) is 0 Å². The lowest BCUT2D eigenvalue weighted by Crippen LogP contribution is -1.93. The molecule has 0 heterocycles. The SMILES string of the molecule is C/C=C/CCc1ccc(C#Cc2ccc(C#Cc3ccc4c(F)c(CCCCCC)ccc4c3)cc2)cc1. The van der Waals surface area contributed by atoms with Crippen LogP contribution in [-0.4, -0.2) is 0 Å². The Balaban J connectivity index is 1.39. The number of hydrogen-bond acceptors (Lipinski definition) is 0. The van der Waals surface area contributed by atoms with Gasteiger partial charge in [-0.05, 0) is 97.7 Å². The minimum Gasteiger partial charge on any atom is -0.206 e. The normalized spacial score (nSPS) is 10.7. The Morgan fingerprint density at radius 2 is 1.26 bits per heavy atom. The molecule has 0 spiro atoms. The summed E-state index contributed by atoms with van der Waals surface area (Å²) < 4.78 is 15.0. The molecule has 0 fully saturated rings. The van der Waals surface area contributed by atoms with Crippen molar-refractivity contribution in [3.05, 3.63) is 130 Å². The van der Waals surface area contributed by atoms with Crippen LogP contribution < -0.4 is 0 Å². The number of aryl methyl sites for hydroxylation is 2. The number of fused-ring (bicyclic) bond motifs is 1. The van der Waals surface area contributed by atoms with Crippen LogP contribution in [0.1, 0.15) is 79.3 Å². The van der Waals surface area contributed by atoms with Crippen LogP contribution in [-0.2, 0) is 12.8 Å². The highest BCUT2D eigenvalue weighted by Crippen LogP contribution is 2.24. The molecule has 0 atom stereocenters. The van der Waals surface area contributed by atoms with Gasteiger partial charge in [-0.1, -0.05) is 92.4 Å². The number of hydrogen-bond donors (Lipinski definition) is 0. The van der Waals surface area contributed by atoms with Crippen molar-refractivity contribution in [3.63, 3.8) is 0 Å². The van der Waals surface area contributed by atoms with Crippen LogP contribution in [0.15, 0.2) is 91.0 Å². The van der Waals surface area contributed by atoms with E-state index >= 15 is 0 Å². The first kappa shape index (κ1) is 27.0. The van der Waals surface area contributed by atoms with Gasteiger partial charge in [0.2, 0.25) is 0 Å². The summed E-state index contributed by atoms with van der Waals surface area (Å²) in [6.45, 7) is 4.24. The lowest BCUT2D eigenvalue weighted by Gasteiger charge is -2.07. The second-order valence-corrected chi connectivity index (χ2v) is 9.67. The van der Waals surface area contributed by atoms with Crippen molar-refractivity contribution in [1.82, 2.24) is 0 Å². The average Bonchev–Trinajstić information content (AvgIpc) is 2.95. The summed E-state index contributed by atoms with van der Waals surface area (Å²) >= 11 is 0. The van der Waals surface area contributed by atoms with E-state index in [2.05, 4.69) is 73.9 Å². The summed E-state index contributed by atoms with van der Waals surface area (Å²) in [5.41, 5.74) is 5.92. The van der Waals surface area contributed by atoms with Crippen molar-refractivity contribution < 1.29 is 4.39 Å². The van der Waals surface area contributed by atoms with E-state index in [1.54, 1.807) is 0 Å². The van der Waals surface area contributed by atoms with E-state index in [4.69, 9.17) is 0 Å². The van der Waals surface area contributed by atoms with Gasteiger partial charge in [0.15, 0.2) is 0 Å². The summed E-state index contributed by atoms with van der Waals surface area (Å²) in [7, 11) is 0. The average molecular weight is 499 g/mol. The van der Waals surface area contributed by atoms with Crippen molar-refractivity contribution >= 4 is 10.8 Å². The lowest BCUT2D eigenvalue weighted by molar-refractivity contribution is 0.603. The van der Waals surface area contributed by atoms with Crippen molar-refractivity contribution in [1.29, 1.82) is 0 Å². The van der Waals surface area contributed by atoms with E-state index in [1.807, 2.05) is 54.6 Å². The molecule has 4 aromatic rings. The monoisotopic (exact) mass is 498 g/mol. The maximum atomic E-state index is 15.0. The van der Waals surface area contributed by atoms with E-state index in [0.717, 1.165) is 65.3 Å². The van der Waals surface area contributed by atoms with E-state index in [-0.39, 0.29) is 5.82 Å². The molecule has 4 aromatic carbocycles. The van der Waals surface area contributed by atoms with Crippen LogP contribution in [0.4, 0.5) is 4.39 Å². The molecule has 0 aliphatic rings. The van der Waals surface area contributed by atoms with Crippen molar-refractivity contribution in [2.45, 2.75) is 58.8 Å². The first-order valence-electron chi connectivity index (χ1n) is 13.7. The lowest BCUT2D eigenvalue weighted by atomic mass is 10.00. The molecule has 0 unspecified atom stereocenters. The quantitative estimate of drug-likeness (QED) is 0.129. The molecule has 1 heteroatoms. The van der Waals surface area contributed by atoms with Gasteiger partial charge in [0.05, 0.1) is 0 Å². The molecule has 0 saturated heterocycles. The molecule has 38 heavy (non-hydrogen) atoms. The van der Waals surface area contributed by atoms with Gasteiger partial charge in [0, 0.05) is 27.6 Å². The Bertz CT molecular complexity index is 1500. The van der Waals surface area contributed by atoms with Crippen molar-refractivity contribution in [2.24, 2.45) is 0 Å². The van der Waals surface area contributed by atoms with Gasteiger partial charge in [0.25, 0.3) is 0 Å². The van der Waals surface area contributed by atoms with Gasteiger partial charge < -0.3 is 0 Å². The first-order chi connectivity index (χ1) is 18.7. The molecule has 0 amide bonds. The fourth-order valence-corrected chi connectivity index (χ4v) is 4.45. The Kier molecular flexibility index (Phi) is 9.96. The predicted molar refractivity (Wildman–Crippen MR) is 160 cm³/mol. The van der Waals surface area contributed by atoms with Crippen LogP contribution in [0.5, 0.6) is 0 Å². The van der Waals surface area contributed by atoms with Crippen molar-refractivity contribution in [3.8, 4) is 23.7 Å². The summed E-state index contributed by atoms with van der Waals surface area (Å²) in [5, 5.41) is 1.57. The highest BCUT2D eigenvalue weighted by Gasteiger charge is 2.07. The zero-order valence-electron chi connectivity index (χ0n) is 22.5. The van der Waals surface area contributed by atoms with Gasteiger partial charge in [-0.2, -0.15) is 0 Å². The van der Waals surface area contributed by atoms with Gasteiger partial charge in [-0.15, -0.1) is 0 Å². The minimum absolute atomic E-state index is 0.0875. The number of unbranched alkanes of at least 4 members (excludes halogenated alkanes) is 3. The number of benzene rings is 4. The molecule has 0 radical (unpaired) electrons. The maximum Gasteiger partial charge on any atom is 0.134 e. The van der Waals surface area contributed by atoms with E-state index in [1.165, 1.54) is 18.4 Å². The molecule has 0 N–H and O–H groups in total. The summed E-state index contributed by atoms with van der Waals surface area (Å²) in [5.74, 6) is 12.8. The third-order valence-electron chi connectivity index (χ3n) is 6.71. The highest BCUT2D eigenvalue weighted by atomic mass is 19.1. The standard InChI is InChI=1S/C37H35F/c1-3-5-7-9-11-34-25-26-35-28-33(24-27-36(35)37(34)38)23-22-32-20-18-31(19-21-32)17-16-30-14-12-29(13-15-30)10-8-6-4-2/h4,6,12-15,18-21,24-28H,3,5,7-11H2,1-2H3/b6-4+. The van der Waals surface area contributed by atoms with Crippen LogP contribution >= 0.6 is 0 Å². The van der Waals surface area contributed by atoms with Crippen LogP contribution in [0.3, 0.4) is 0 Å². The first-order valence-corrected chi connectivity index (χ1v) is 13.7. The third-order valence-corrected chi connectivity index (χ3v) is 6.71. The zero-order chi connectivity index (χ0) is 26.6. The molecule has 0 aliphatic carbocycles. The Morgan fingerprint density at radius 3 is 1.89 bits per heavy atom. The Hall–Kier alpha value is -4.07. The number of rotatable bonds is 8. The predicted octanol–water partition coefficient (Wildman–Crippen LogP) is 9.41. The zero-order valence-corrected chi connectivity index (χ0v) is 22.5. The van der Waals surface area contributed by atoms with Crippen LogP contribution in [0, 0.1) is 29.5 Å². The second-order valence-electron chi connectivity index (χ2n) is 9.67. The fraction of sp³-hybridized carbons (Fsp3) is 0.243. The molecule has 0 saturated carbocycles. The van der Waals surface area contributed by atoms with E-state index in [9.17, 15) is 4.39 Å². The molecule has 0 bridgehead atoms. The Morgan fingerprint density at radius 1 is 0.658 bits per heavy atom. The summed E-state index contributed by atoms with van der Waals surface area (Å²) in [6, 6.07) is 26.1. The molecule has 4 rings (SSSR count). The van der Waals surface area contributed by atoms with Crippen molar-refractivity contribution in [2.75, 3.05) is 0 Å². The van der Waals surface area contributed by atoms with Gasteiger partial charge >= 0.3 is 0 Å². The van der Waals surface area contributed by atoms with Crippen LogP contribution in [0.2, 0.25) is 0 Å². The molecule has 190 valence electrons. The highest BCUT2D eigenvalue weighted by molar-refractivity contribution is 5.85. The van der Waals surface area contributed by atoms with E-state index in [0.29, 0.717) is 5.39 Å². The third kappa shape index (κ3) is 7.71. The van der Waals surface area contributed by atoms with E-state index < -0.39 is 0 Å². The van der Waals surface area contributed by atoms with Gasteiger partial charge in [0.1, 0.15) is 5.82 Å². The second kappa shape index (κ2) is 14.0. The summed E-state index contributed by atoms with van der Waals surface area (Å²) in [6.07, 6.45) is 11.8. The molecule has 0 nitrogen and oxygen atoms in total. The maximum absolute atomic E-state index is 15.0. The summed E-state index contributed by atoms with van der Waals surface area (Å²) in [4.78, 5) is 0. The van der Waals surface area contributed by atoms with Gasteiger partial charge in [-0.3, -0.25) is 0 Å². The van der Waals surface area contributed by atoms with Crippen LogP contribution in [0.25, 0.3) is 10.8 Å². The molecular weight excluding hydrogens is 463 g/mol. The molecular formula is C37H35F. The Labute approximate surface area is 227 Å². The number of allylic oxidation sites excluding steroid dienone is 2.